The number of benzene rings is 1. The molecular weight excluding hydrogens is 382 g/mol. The second-order valence-corrected chi connectivity index (χ2v) is 6.96. The summed E-state index contributed by atoms with van der Waals surface area (Å²) < 4.78 is 5.23. The zero-order chi connectivity index (χ0) is 20.8. The quantitative estimate of drug-likeness (QED) is 0.691. The van der Waals surface area contributed by atoms with Gasteiger partial charge in [-0.2, -0.15) is 0 Å². The first kappa shape index (κ1) is 19.5. The van der Waals surface area contributed by atoms with E-state index >= 15 is 0 Å². The molecule has 0 radical (unpaired) electrons. The van der Waals surface area contributed by atoms with Gasteiger partial charge in [-0.1, -0.05) is 18.2 Å². The number of amides is 3. The number of carbonyl (C=O) groups excluding carboxylic acids is 2. The van der Waals surface area contributed by atoms with Crippen molar-refractivity contribution in [2.24, 2.45) is 0 Å². The normalized spacial score (nSPS) is 14.1. The molecule has 8 heteroatoms. The van der Waals surface area contributed by atoms with Gasteiger partial charge in [0.25, 0.3) is 5.91 Å². The van der Waals surface area contributed by atoms with E-state index < -0.39 is 0 Å². The largest absolute Gasteiger partial charge is 0.459 e. The van der Waals surface area contributed by atoms with Gasteiger partial charge in [-0.15, -0.1) is 0 Å². The van der Waals surface area contributed by atoms with Crippen molar-refractivity contribution in [1.29, 1.82) is 0 Å². The van der Waals surface area contributed by atoms with Crippen LogP contribution in [0, 0.1) is 0 Å². The second-order valence-electron chi connectivity index (χ2n) is 6.96. The molecule has 1 aliphatic heterocycles. The molecule has 0 aliphatic carbocycles. The van der Waals surface area contributed by atoms with Crippen molar-refractivity contribution in [1.82, 2.24) is 9.88 Å². The van der Waals surface area contributed by atoms with Crippen molar-refractivity contribution in [3.05, 3.63) is 72.8 Å². The minimum Gasteiger partial charge on any atom is -0.459 e. The molecule has 8 nitrogen and oxygen atoms in total. The van der Waals surface area contributed by atoms with Gasteiger partial charge in [0.1, 0.15) is 5.82 Å². The number of anilines is 3. The van der Waals surface area contributed by atoms with Crippen LogP contribution in [0.25, 0.3) is 0 Å². The predicted octanol–water partition coefficient (Wildman–Crippen LogP) is 3.67. The Morgan fingerprint density at radius 2 is 1.70 bits per heavy atom. The average Bonchev–Trinajstić information content (AvgIpc) is 3.19. The number of furan rings is 1. The van der Waals surface area contributed by atoms with Crippen molar-refractivity contribution in [3.63, 3.8) is 0 Å². The first-order valence-electron chi connectivity index (χ1n) is 9.86. The highest BCUT2D eigenvalue weighted by Gasteiger charge is 2.22. The molecule has 154 valence electrons. The molecule has 4 rings (SSSR count). The molecule has 0 atom stereocenters. The lowest BCUT2D eigenvalue weighted by Gasteiger charge is -2.22. The number of nitrogens with one attached hydrogen (secondary N) is 2. The zero-order valence-electron chi connectivity index (χ0n) is 16.5. The van der Waals surface area contributed by atoms with Crippen LogP contribution < -0.4 is 15.5 Å². The molecule has 3 amide bonds. The van der Waals surface area contributed by atoms with Gasteiger partial charge >= 0.3 is 6.03 Å². The van der Waals surface area contributed by atoms with Crippen LogP contribution >= 0.6 is 0 Å². The van der Waals surface area contributed by atoms with Crippen LogP contribution in [0.5, 0.6) is 0 Å². The summed E-state index contributed by atoms with van der Waals surface area (Å²) in [6.45, 7) is 2.76. The maximum absolute atomic E-state index is 12.5. The molecule has 3 heterocycles. The molecule has 1 saturated heterocycles. The first-order valence-corrected chi connectivity index (χ1v) is 9.86. The van der Waals surface area contributed by atoms with Crippen molar-refractivity contribution < 1.29 is 14.0 Å². The number of carbonyl (C=O) groups is 2. The van der Waals surface area contributed by atoms with Crippen molar-refractivity contribution in [3.8, 4) is 0 Å². The molecule has 0 spiro atoms. The Balaban J connectivity index is 1.32. The van der Waals surface area contributed by atoms with Crippen molar-refractivity contribution >= 4 is 29.1 Å². The smallest absolute Gasteiger partial charge is 0.323 e. The summed E-state index contributed by atoms with van der Waals surface area (Å²) in [6, 6.07) is 16.0. The second kappa shape index (κ2) is 9.13. The molecule has 2 N–H and O–H groups in total. The van der Waals surface area contributed by atoms with Gasteiger partial charge in [0.2, 0.25) is 0 Å². The number of hydrogen-bond acceptors (Lipinski definition) is 5. The summed E-state index contributed by atoms with van der Waals surface area (Å²) in [5.74, 6) is 1.10. The third kappa shape index (κ3) is 4.78. The summed E-state index contributed by atoms with van der Waals surface area (Å²) >= 11 is 0. The topological polar surface area (TPSA) is 90.7 Å². The molecule has 0 unspecified atom stereocenters. The molecule has 1 aliphatic rings. The fraction of sp³-hybridized carbons (Fsp3) is 0.227. The van der Waals surface area contributed by atoms with Crippen LogP contribution in [0.2, 0.25) is 0 Å². The zero-order valence-corrected chi connectivity index (χ0v) is 16.5. The summed E-state index contributed by atoms with van der Waals surface area (Å²) in [5, 5.41) is 5.55. The van der Waals surface area contributed by atoms with Crippen LogP contribution in [-0.4, -0.2) is 48.0 Å². The first-order chi connectivity index (χ1) is 14.7. The highest BCUT2D eigenvalue weighted by atomic mass is 16.3. The summed E-state index contributed by atoms with van der Waals surface area (Å²) in [4.78, 5) is 33.0. The Labute approximate surface area is 174 Å². The summed E-state index contributed by atoms with van der Waals surface area (Å²) in [5.41, 5.74) is 1.33. The van der Waals surface area contributed by atoms with Gasteiger partial charge in [0.15, 0.2) is 5.76 Å². The Hall–Kier alpha value is -3.81. The maximum Gasteiger partial charge on any atom is 0.323 e. The monoisotopic (exact) mass is 405 g/mol. The molecule has 3 aromatic rings. The number of aromatic nitrogens is 1. The Kier molecular flexibility index (Phi) is 5.93. The predicted molar refractivity (Wildman–Crippen MR) is 115 cm³/mol. The van der Waals surface area contributed by atoms with E-state index in [0.29, 0.717) is 31.1 Å². The highest BCUT2D eigenvalue weighted by molar-refractivity contribution is 5.99. The van der Waals surface area contributed by atoms with E-state index in [1.807, 2.05) is 47.4 Å². The molecule has 30 heavy (non-hydrogen) atoms. The lowest BCUT2D eigenvalue weighted by Crippen LogP contribution is -2.35. The number of nitrogens with zero attached hydrogens (tertiary/aromatic N) is 3. The third-order valence-corrected chi connectivity index (χ3v) is 4.88. The van der Waals surface area contributed by atoms with Gasteiger partial charge in [0.05, 0.1) is 18.1 Å². The standard InChI is InChI=1S/C22H23N5O3/c28-21(19-8-4-15-30-19)27-12-5-11-26(13-14-27)20-10-9-18(16-23-20)25-22(29)24-17-6-2-1-3-7-17/h1-4,6-10,15-16H,5,11-14H2,(H2,24,25,29). The van der Waals surface area contributed by atoms with Crippen LogP contribution in [0.4, 0.5) is 22.0 Å². The minimum atomic E-state index is -0.322. The summed E-state index contributed by atoms with van der Waals surface area (Å²) in [6.07, 6.45) is 3.99. The van der Waals surface area contributed by atoms with Crippen molar-refractivity contribution in [2.45, 2.75) is 6.42 Å². The summed E-state index contributed by atoms with van der Waals surface area (Å²) in [7, 11) is 0. The lowest BCUT2D eigenvalue weighted by molar-refractivity contribution is 0.0735. The van der Waals surface area contributed by atoms with E-state index in [2.05, 4.69) is 20.5 Å². The Morgan fingerprint density at radius 3 is 2.43 bits per heavy atom. The number of rotatable bonds is 4. The number of pyridine rings is 1. The van der Waals surface area contributed by atoms with Gasteiger partial charge in [-0.3, -0.25) is 4.79 Å². The number of para-hydroxylation sites is 1. The molecule has 0 bridgehead atoms. The number of urea groups is 1. The van der Waals surface area contributed by atoms with Crippen LogP contribution in [-0.2, 0) is 0 Å². The Bertz CT molecular complexity index is 974. The van der Waals surface area contributed by atoms with E-state index in [1.54, 1.807) is 18.3 Å². The fourth-order valence-electron chi connectivity index (χ4n) is 3.37. The molecule has 1 aromatic carbocycles. The maximum atomic E-state index is 12.5. The molecule has 0 saturated carbocycles. The minimum absolute atomic E-state index is 0.0845. The third-order valence-electron chi connectivity index (χ3n) is 4.88. The van der Waals surface area contributed by atoms with Crippen LogP contribution in [0.15, 0.2) is 71.5 Å². The molecule has 1 fully saturated rings. The van der Waals surface area contributed by atoms with E-state index in [0.717, 1.165) is 24.5 Å². The number of hydrogen-bond donors (Lipinski definition) is 2. The van der Waals surface area contributed by atoms with Crippen LogP contribution in [0.3, 0.4) is 0 Å². The SMILES string of the molecule is O=C(Nc1ccccc1)Nc1ccc(N2CCCN(C(=O)c3ccco3)CC2)nc1. The highest BCUT2D eigenvalue weighted by Crippen LogP contribution is 2.18. The van der Waals surface area contributed by atoms with E-state index in [9.17, 15) is 9.59 Å². The van der Waals surface area contributed by atoms with Crippen LogP contribution in [0.1, 0.15) is 17.0 Å². The van der Waals surface area contributed by atoms with Gasteiger partial charge in [-0.05, 0) is 42.8 Å². The van der Waals surface area contributed by atoms with E-state index in [1.165, 1.54) is 6.26 Å². The van der Waals surface area contributed by atoms with Crippen molar-refractivity contribution in [2.75, 3.05) is 41.7 Å². The van der Waals surface area contributed by atoms with Gasteiger partial charge in [0, 0.05) is 31.9 Å². The molecular formula is C22H23N5O3. The van der Waals surface area contributed by atoms with Gasteiger partial charge < -0.3 is 24.9 Å². The Morgan fingerprint density at radius 1 is 0.867 bits per heavy atom. The van der Waals surface area contributed by atoms with Gasteiger partial charge in [-0.25, -0.2) is 9.78 Å². The van der Waals surface area contributed by atoms with E-state index in [-0.39, 0.29) is 11.9 Å². The lowest BCUT2D eigenvalue weighted by atomic mass is 10.3. The molecule has 2 aromatic heterocycles. The average molecular weight is 405 g/mol. The fourth-order valence-corrected chi connectivity index (χ4v) is 3.37. The van der Waals surface area contributed by atoms with E-state index in [4.69, 9.17) is 4.42 Å².